The molecule has 1 aliphatic rings. The molecule has 3 unspecified atom stereocenters. The van der Waals surface area contributed by atoms with Gasteiger partial charge in [-0.2, -0.15) is 0 Å². The van der Waals surface area contributed by atoms with Gasteiger partial charge in [0.05, 0.1) is 12.2 Å². The Kier molecular flexibility index (Phi) is 4.74. The first-order chi connectivity index (χ1) is 11.1. The number of carbonyl (C=O) groups excluding carboxylic acids is 1. The molecule has 2 N–H and O–H groups in total. The average Bonchev–Trinajstić information content (AvgIpc) is 2.59. The molecule has 2 aromatic rings. The van der Waals surface area contributed by atoms with Crippen molar-refractivity contribution in [1.29, 1.82) is 0 Å². The second-order valence-electron chi connectivity index (χ2n) is 5.91. The van der Waals surface area contributed by atoms with Crippen LogP contribution in [0.25, 0.3) is 0 Å². The summed E-state index contributed by atoms with van der Waals surface area (Å²) in [6.45, 7) is 0. The maximum atomic E-state index is 12.3. The lowest BCUT2D eigenvalue weighted by Gasteiger charge is -2.30. The largest absolute Gasteiger partial charge is 0.490 e. The highest BCUT2D eigenvalue weighted by Gasteiger charge is 2.28. The summed E-state index contributed by atoms with van der Waals surface area (Å²) in [7, 11) is 0. The Labute approximate surface area is 135 Å². The van der Waals surface area contributed by atoms with Crippen LogP contribution < -0.4 is 4.74 Å². The van der Waals surface area contributed by atoms with Crippen LogP contribution in [0.4, 0.5) is 0 Å². The third kappa shape index (κ3) is 3.78. The molecule has 0 amide bonds. The zero-order valence-electron chi connectivity index (χ0n) is 12.8. The van der Waals surface area contributed by atoms with Crippen LogP contribution in [0.2, 0.25) is 0 Å². The van der Waals surface area contributed by atoms with Crippen LogP contribution in [-0.4, -0.2) is 34.3 Å². The minimum absolute atomic E-state index is 0.0200. The Balaban J connectivity index is 1.64. The van der Waals surface area contributed by atoms with Gasteiger partial charge in [-0.05, 0) is 37.1 Å². The van der Waals surface area contributed by atoms with Gasteiger partial charge in [-0.25, -0.2) is 0 Å². The van der Waals surface area contributed by atoms with Crippen LogP contribution in [0.15, 0.2) is 54.6 Å². The second kappa shape index (κ2) is 6.94. The molecule has 23 heavy (non-hydrogen) atoms. The summed E-state index contributed by atoms with van der Waals surface area (Å²) >= 11 is 0. The van der Waals surface area contributed by atoms with Gasteiger partial charge in [0.25, 0.3) is 0 Å². The number of ether oxygens (including phenoxy) is 1. The minimum atomic E-state index is -0.729. The number of carbonyl (C=O) groups is 1. The van der Waals surface area contributed by atoms with Gasteiger partial charge in [-0.15, -0.1) is 0 Å². The minimum Gasteiger partial charge on any atom is -0.490 e. The molecular weight excluding hydrogens is 292 g/mol. The highest BCUT2D eigenvalue weighted by atomic mass is 16.5. The Morgan fingerprint density at radius 2 is 1.52 bits per heavy atom. The van der Waals surface area contributed by atoms with Gasteiger partial charge < -0.3 is 14.9 Å². The van der Waals surface area contributed by atoms with E-state index in [0.717, 1.165) is 0 Å². The van der Waals surface area contributed by atoms with E-state index in [9.17, 15) is 15.0 Å². The fourth-order valence-corrected chi connectivity index (χ4v) is 2.83. The molecule has 4 nitrogen and oxygen atoms in total. The fourth-order valence-electron chi connectivity index (χ4n) is 2.83. The van der Waals surface area contributed by atoms with Crippen LogP contribution >= 0.6 is 0 Å². The molecule has 2 aromatic carbocycles. The Morgan fingerprint density at radius 3 is 2.17 bits per heavy atom. The van der Waals surface area contributed by atoms with Crippen LogP contribution in [-0.2, 0) is 0 Å². The number of ketones is 1. The monoisotopic (exact) mass is 312 g/mol. The van der Waals surface area contributed by atoms with Gasteiger partial charge in [0.2, 0.25) is 0 Å². The van der Waals surface area contributed by atoms with Crippen molar-refractivity contribution < 1.29 is 19.7 Å². The average molecular weight is 312 g/mol. The number of rotatable bonds is 4. The Hall–Kier alpha value is -2.17. The van der Waals surface area contributed by atoms with Crippen molar-refractivity contribution in [2.45, 2.75) is 37.6 Å². The first-order valence-electron chi connectivity index (χ1n) is 7.86. The lowest BCUT2D eigenvalue weighted by Crippen LogP contribution is -2.38. The molecule has 1 fully saturated rings. The molecule has 0 aliphatic heterocycles. The number of aliphatic hydroxyl groups excluding tert-OH is 2. The van der Waals surface area contributed by atoms with Gasteiger partial charge in [0, 0.05) is 17.5 Å². The first-order valence-corrected chi connectivity index (χ1v) is 7.86. The summed E-state index contributed by atoms with van der Waals surface area (Å²) in [5.41, 5.74) is 1.27. The molecule has 0 spiro atoms. The highest BCUT2D eigenvalue weighted by Crippen LogP contribution is 2.24. The fraction of sp³-hybridized carbons (Fsp3) is 0.316. The Morgan fingerprint density at radius 1 is 0.870 bits per heavy atom. The highest BCUT2D eigenvalue weighted by molar-refractivity contribution is 6.08. The molecule has 120 valence electrons. The number of hydrogen-bond acceptors (Lipinski definition) is 4. The number of aliphatic hydroxyl groups is 2. The van der Waals surface area contributed by atoms with Gasteiger partial charge in [-0.1, -0.05) is 30.3 Å². The maximum absolute atomic E-state index is 12.3. The molecule has 1 aliphatic carbocycles. The lowest BCUT2D eigenvalue weighted by atomic mass is 9.92. The molecule has 4 heteroatoms. The number of benzene rings is 2. The van der Waals surface area contributed by atoms with Gasteiger partial charge >= 0.3 is 0 Å². The van der Waals surface area contributed by atoms with E-state index in [1.807, 2.05) is 18.2 Å². The smallest absolute Gasteiger partial charge is 0.193 e. The van der Waals surface area contributed by atoms with E-state index >= 15 is 0 Å². The zero-order chi connectivity index (χ0) is 16.2. The SMILES string of the molecule is O=C(c1ccccc1)c1ccc(OC2CCC(O)C(O)C2)cc1. The van der Waals surface area contributed by atoms with E-state index < -0.39 is 12.2 Å². The predicted octanol–water partition coefficient (Wildman–Crippen LogP) is 2.57. The van der Waals surface area contributed by atoms with Crippen LogP contribution in [0, 0.1) is 0 Å². The van der Waals surface area contributed by atoms with E-state index in [-0.39, 0.29) is 11.9 Å². The van der Waals surface area contributed by atoms with Gasteiger partial charge in [-0.3, -0.25) is 4.79 Å². The van der Waals surface area contributed by atoms with Crippen LogP contribution in [0.1, 0.15) is 35.2 Å². The van der Waals surface area contributed by atoms with Crippen LogP contribution in [0.3, 0.4) is 0 Å². The topological polar surface area (TPSA) is 66.8 Å². The normalized spacial score (nSPS) is 24.2. The first kappa shape index (κ1) is 15.7. The Bertz CT molecular complexity index is 651. The number of hydrogen-bond donors (Lipinski definition) is 2. The molecule has 0 bridgehead atoms. The van der Waals surface area contributed by atoms with Crippen molar-refractivity contribution in [3.05, 3.63) is 65.7 Å². The van der Waals surface area contributed by atoms with Crippen molar-refractivity contribution in [2.24, 2.45) is 0 Å². The molecule has 0 radical (unpaired) electrons. The zero-order valence-corrected chi connectivity index (χ0v) is 12.8. The summed E-state index contributed by atoms with van der Waals surface area (Å²) in [5.74, 6) is 0.650. The van der Waals surface area contributed by atoms with Gasteiger partial charge in [0.15, 0.2) is 5.78 Å². The van der Waals surface area contributed by atoms with Gasteiger partial charge in [0.1, 0.15) is 11.9 Å². The molecule has 3 atom stereocenters. The third-order valence-corrected chi connectivity index (χ3v) is 4.19. The van der Waals surface area contributed by atoms with Crippen molar-refractivity contribution >= 4 is 5.78 Å². The summed E-state index contributed by atoms with van der Waals surface area (Å²) in [6.07, 6.45) is 0.183. The summed E-state index contributed by atoms with van der Waals surface area (Å²) < 4.78 is 5.83. The van der Waals surface area contributed by atoms with Crippen molar-refractivity contribution in [3.8, 4) is 5.75 Å². The lowest BCUT2D eigenvalue weighted by molar-refractivity contribution is -0.0431. The quantitative estimate of drug-likeness (QED) is 0.852. The second-order valence-corrected chi connectivity index (χ2v) is 5.91. The van der Waals surface area contributed by atoms with E-state index in [1.54, 1.807) is 36.4 Å². The van der Waals surface area contributed by atoms with Crippen molar-refractivity contribution in [3.63, 3.8) is 0 Å². The maximum Gasteiger partial charge on any atom is 0.193 e. The van der Waals surface area contributed by atoms with E-state index in [2.05, 4.69) is 0 Å². The summed E-state index contributed by atoms with van der Waals surface area (Å²) in [6, 6.07) is 16.2. The van der Waals surface area contributed by atoms with E-state index in [4.69, 9.17) is 4.74 Å². The van der Waals surface area contributed by atoms with Crippen LogP contribution in [0.5, 0.6) is 5.75 Å². The van der Waals surface area contributed by atoms with E-state index in [0.29, 0.717) is 36.1 Å². The molecular formula is C19H20O4. The van der Waals surface area contributed by atoms with Crippen molar-refractivity contribution in [2.75, 3.05) is 0 Å². The molecule has 1 saturated carbocycles. The molecule has 0 aromatic heterocycles. The summed E-state index contributed by atoms with van der Waals surface area (Å²) in [5, 5.41) is 19.2. The van der Waals surface area contributed by atoms with E-state index in [1.165, 1.54) is 0 Å². The molecule has 0 heterocycles. The summed E-state index contributed by atoms with van der Waals surface area (Å²) in [4.78, 5) is 12.3. The predicted molar refractivity (Wildman–Crippen MR) is 86.6 cm³/mol. The standard InChI is InChI=1S/C19H20O4/c20-17-11-10-16(12-18(17)21)23-15-8-6-14(7-9-15)19(22)13-4-2-1-3-5-13/h1-9,16-18,20-21H,10-12H2. The van der Waals surface area contributed by atoms with Crippen molar-refractivity contribution in [1.82, 2.24) is 0 Å². The third-order valence-electron chi connectivity index (χ3n) is 4.19. The molecule has 3 rings (SSSR count). The molecule has 0 saturated heterocycles.